The number of hydrogen-bond acceptors (Lipinski definition) is 3. The Morgan fingerprint density at radius 2 is 2.22 bits per heavy atom. The smallest absolute Gasteiger partial charge is 0.0703 e. The fraction of sp³-hybridized carbons (Fsp3) is 0.400. The lowest BCUT2D eigenvalue weighted by Gasteiger charge is -2.14. The third-order valence-electron chi connectivity index (χ3n) is 3.86. The van der Waals surface area contributed by atoms with E-state index in [0.717, 1.165) is 12.1 Å². The summed E-state index contributed by atoms with van der Waals surface area (Å²) in [6, 6.07) is 11.7. The second-order valence-corrected chi connectivity index (χ2v) is 5.28. The van der Waals surface area contributed by atoms with Crippen molar-refractivity contribution in [3.8, 4) is 0 Å². The number of pyridine rings is 1. The topological polar surface area (TPSA) is 28.2 Å². The number of likely N-dealkylation sites (N-methyl/N-ethyl adjacent to an activating group) is 1. The summed E-state index contributed by atoms with van der Waals surface area (Å²) in [6.45, 7) is 3.40. The number of benzene rings is 1. The van der Waals surface area contributed by atoms with Crippen molar-refractivity contribution in [2.24, 2.45) is 0 Å². The molecule has 3 heteroatoms. The van der Waals surface area contributed by atoms with Crippen molar-refractivity contribution < 1.29 is 0 Å². The van der Waals surface area contributed by atoms with E-state index >= 15 is 0 Å². The maximum absolute atomic E-state index is 4.34. The van der Waals surface area contributed by atoms with Gasteiger partial charge in [-0.25, -0.2) is 0 Å². The van der Waals surface area contributed by atoms with E-state index in [9.17, 15) is 0 Å². The molecule has 94 valence electrons. The van der Waals surface area contributed by atoms with Gasteiger partial charge in [0.15, 0.2) is 0 Å². The second-order valence-electron chi connectivity index (χ2n) is 5.28. The average molecular weight is 241 g/mol. The predicted octanol–water partition coefficient (Wildman–Crippen LogP) is 2.74. The Hall–Kier alpha value is -1.61. The van der Waals surface area contributed by atoms with Crippen LogP contribution in [0.1, 0.15) is 13.3 Å². The molecule has 1 aliphatic heterocycles. The van der Waals surface area contributed by atoms with E-state index in [0.29, 0.717) is 12.1 Å². The number of anilines is 1. The molecule has 3 nitrogen and oxygen atoms in total. The van der Waals surface area contributed by atoms with Crippen molar-refractivity contribution in [2.75, 3.05) is 18.9 Å². The Labute approximate surface area is 108 Å². The van der Waals surface area contributed by atoms with Crippen LogP contribution < -0.4 is 5.32 Å². The first kappa shape index (κ1) is 11.5. The van der Waals surface area contributed by atoms with E-state index < -0.39 is 0 Å². The van der Waals surface area contributed by atoms with Gasteiger partial charge in [-0.2, -0.15) is 0 Å². The standard InChI is InChI=1S/C15H19N3/c1-11-8-14(10-18(11)2)17-13-5-6-15-12(9-13)4-3-7-16-15/h3-7,9,11,14,17H,8,10H2,1-2H3. The van der Waals surface area contributed by atoms with Gasteiger partial charge in [-0.1, -0.05) is 6.07 Å². The van der Waals surface area contributed by atoms with Gasteiger partial charge < -0.3 is 10.2 Å². The van der Waals surface area contributed by atoms with Crippen LogP contribution in [0.4, 0.5) is 5.69 Å². The number of likely N-dealkylation sites (tertiary alicyclic amines) is 1. The van der Waals surface area contributed by atoms with Crippen molar-refractivity contribution in [1.82, 2.24) is 9.88 Å². The minimum Gasteiger partial charge on any atom is -0.381 e. The molecule has 18 heavy (non-hydrogen) atoms. The number of fused-ring (bicyclic) bond motifs is 1. The molecule has 0 bridgehead atoms. The van der Waals surface area contributed by atoms with Crippen LogP contribution in [0.3, 0.4) is 0 Å². The van der Waals surface area contributed by atoms with Crippen LogP contribution in [0.5, 0.6) is 0 Å². The normalized spacial score (nSPS) is 24.6. The SMILES string of the molecule is CC1CC(Nc2ccc3ncccc3c2)CN1C. The van der Waals surface area contributed by atoms with Crippen molar-refractivity contribution in [3.05, 3.63) is 36.5 Å². The summed E-state index contributed by atoms with van der Waals surface area (Å²) < 4.78 is 0. The molecule has 0 amide bonds. The molecule has 0 spiro atoms. The van der Waals surface area contributed by atoms with Gasteiger partial charge in [-0.3, -0.25) is 4.98 Å². The Balaban J connectivity index is 1.79. The van der Waals surface area contributed by atoms with Crippen molar-refractivity contribution in [3.63, 3.8) is 0 Å². The Morgan fingerprint density at radius 1 is 1.33 bits per heavy atom. The molecule has 2 atom stereocenters. The molecule has 1 aromatic heterocycles. The van der Waals surface area contributed by atoms with E-state index in [-0.39, 0.29) is 0 Å². The number of hydrogen-bond donors (Lipinski definition) is 1. The summed E-state index contributed by atoms with van der Waals surface area (Å²) in [5, 5.41) is 4.82. The predicted molar refractivity (Wildman–Crippen MR) is 75.9 cm³/mol. The zero-order valence-corrected chi connectivity index (χ0v) is 10.9. The molecule has 3 rings (SSSR count). The summed E-state index contributed by atoms with van der Waals surface area (Å²) in [5.74, 6) is 0. The zero-order chi connectivity index (χ0) is 12.5. The fourth-order valence-corrected chi connectivity index (χ4v) is 2.70. The number of nitrogens with zero attached hydrogens (tertiary/aromatic N) is 2. The highest BCUT2D eigenvalue weighted by atomic mass is 15.2. The molecular formula is C15H19N3. The van der Waals surface area contributed by atoms with Gasteiger partial charge in [0.05, 0.1) is 5.52 Å². The Bertz CT molecular complexity index is 542. The summed E-state index contributed by atoms with van der Waals surface area (Å²) in [6.07, 6.45) is 3.05. The first-order valence-electron chi connectivity index (χ1n) is 6.54. The Morgan fingerprint density at radius 3 is 3.00 bits per heavy atom. The minimum absolute atomic E-state index is 0.555. The van der Waals surface area contributed by atoms with Crippen molar-refractivity contribution >= 4 is 16.6 Å². The molecule has 1 aliphatic rings. The maximum Gasteiger partial charge on any atom is 0.0703 e. The molecule has 1 fully saturated rings. The highest BCUT2D eigenvalue weighted by Crippen LogP contribution is 2.22. The Kier molecular flexibility index (Phi) is 2.92. The molecule has 1 aromatic carbocycles. The van der Waals surface area contributed by atoms with Crippen molar-refractivity contribution in [1.29, 1.82) is 0 Å². The van der Waals surface area contributed by atoms with Crippen LogP contribution in [0, 0.1) is 0 Å². The average Bonchev–Trinajstić information content (AvgIpc) is 2.68. The molecule has 0 aliphatic carbocycles. The third kappa shape index (κ3) is 2.18. The van der Waals surface area contributed by atoms with E-state index in [1.807, 2.05) is 12.3 Å². The van der Waals surface area contributed by atoms with Gasteiger partial charge in [0, 0.05) is 35.9 Å². The molecule has 0 saturated carbocycles. The molecular weight excluding hydrogens is 222 g/mol. The first-order chi connectivity index (χ1) is 8.72. The van der Waals surface area contributed by atoms with E-state index in [1.165, 1.54) is 17.5 Å². The molecule has 2 heterocycles. The first-order valence-corrected chi connectivity index (χ1v) is 6.54. The van der Waals surface area contributed by atoms with Gasteiger partial charge in [-0.15, -0.1) is 0 Å². The monoisotopic (exact) mass is 241 g/mol. The lowest BCUT2D eigenvalue weighted by molar-refractivity contribution is 0.330. The lowest BCUT2D eigenvalue weighted by atomic mass is 10.1. The van der Waals surface area contributed by atoms with Gasteiger partial charge in [0.25, 0.3) is 0 Å². The highest BCUT2D eigenvalue weighted by Gasteiger charge is 2.25. The summed E-state index contributed by atoms with van der Waals surface area (Å²) in [7, 11) is 2.19. The summed E-state index contributed by atoms with van der Waals surface area (Å²) >= 11 is 0. The second kappa shape index (κ2) is 4.58. The number of nitrogens with one attached hydrogen (secondary N) is 1. The van der Waals surface area contributed by atoms with Crippen molar-refractivity contribution in [2.45, 2.75) is 25.4 Å². The maximum atomic E-state index is 4.34. The number of aromatic nitrogens is 1. The third-order valence-corrected chi connectivity index (χ3v) is 3.86. The van der Waals surface area contributed by atoms with E-state index in [2.05, 4.69) is 53.4 Å². The minimum atomic E-state index is 0.555. The van der Waals surface area contributed by atoms with Crippen LogP contribution in [0.2, 0.25) is 0 Å². The highest BCUT2D eigenvalue weighted by molar-refractivity contribution is 5.82. The molecule has 1 N–H and O–H groups in total. The quantitative estimate of drug-likeness (QED) is 0.876. The van der Waals surface area contributed by atoms with Crippen LogP contribution in [0.15, 0.2) is 36.5 Å². The number of rotatable bonds is 2. The van der Waals surface area contributed by atoms with Gasteiger partial charge >= 0.3 is 0 Å². The van der Waals surface area contributed by atoms with Gasteiger partial charge in [0.1, 0.15) is 0 Å². The van der Waals surface area contributed by atoms with Gasteiger partial charge in [0.2, 0.25) is 0 Å². The fourth-order valence-electron chi connectivity index (χ4n) is 2.70. The van der Waals surface area contributed by atoms with Crippen LogP contribution in [-0.4, -0.2) is 35.6 Å². The molecule has 2 unspecified atom stereocenters. The van der Waals surface area contributed by atoms with Crippen LogP contribution in [-0.2, 0) is 0 Å². The zero-order valence-electron chi connectivity index (χ0n) is 10.9. The van der Waals surface area contributed by atoms with E-state index in [1.54, 1.807) is 0 Å². The molecule has 2 aromatic rings. The molecule has 1 saturated heterocycles. The van der Waals surface area contributed by atoms with E-state index in [4.69, 9.17) is 0 Å². The summed E-state index contributed by atoms with van der Waals surface area (Å²) in [5.41, 5.74) is 2.25. The summed E-state index contributed by atoms with van der Waals surface area (Å²) in [4.78, 5) is 6.75. The largest absolute Gasteiger partial charge is 0.381 e. The van der Waals surface area contributed by atoms with Crippen LogP contribution in [0.25, 0.3) is 10.9 Å². The van der Waals surface area contributed by atoms with Gasteiger partial charge in [-0.05, 0) is 44.7 Å². The molecule has 0 radical (unpaired) electrons. The lowest BCUT2D eigenvalue weighted by Crippen LogP contribution is -2.24. The van der Waals surface area contributed by atoms with Crippen LogP contribution >= 0.6 is 0 Å².